The molecule has 4 aliphatic rings. The number of oxime groups is 1. The van der Waals surface area contributed by atoms with Crippen molar-refractivity contribution < 1.29 is 64.0 Å². The number of nitrogens with zero attached hydrogens (tertiary/aromatic N) is 11. The molecule has 672 valence electrons. The molecule has 4 atom stereocenters. The van der Waals surface area contributed by atoms with Gasteiger partial charge in [-0.15, -0.1) is 54.7 Å². The fraction of sp³-hybridized carbons (Fsp3) is 0.298. The molecule has 4 amide bonds. The molecule has 8 aromatic carbocycles. The second-order valence-electron chi connectivity index (χ2n) is 28.8. The van der Waals surface area contributed by atoms with E-state index in [4.69, 9.17) is 49.6 Å². The number of halogens is 12. The zero-order valence-electron chi connectivity index (χ0n) is 69.1. The second kappa shape index (κ2) is 47.3. The van der Waals surface area contributed by atoms with Crippen LogP contribution in [0.5, 0.6) is 0 Å². The van der Waals surface area contributed by atoms with Crippen LogP contribution in [0, 0.1) is 75.6 Å². The third kappa shape index (κ3) is 25.3. The van der Waals surface area contributed by atoms with Crippen molar-refractivity contribution in [1.82, 2.24) is 30.4 Å². The summed E-state index contributed by atoms with van der Waals surface area (Å²) >= 11 is 4.75. The Labute approximate surface area is 760 Å². The monoisotopic (exact) mass is 1890 g/mol. The van der Waals surface area contributed by atoms with E-state index >= 15 is 0 Å². The maximum absolute atomic E-state index is 14.6. The fourth-order valence-electron chi connectivity index (χ4n) is 12.6. The molecule has 0 aromatic heterocycles. The highest BCUT2D eigenvalue weighted by atomic mass is 35.5. The number of amides is 4. The first-order valence-electron chi connectivity index (χ1n) is 37.9. The normalized spacial score (nSPS) is 17.8. The smallest absolute Gasteiger partial charge is 0.246 e. The number of carbonyl (C=O) groups is 4. The van der Waals surface area contributed by atoms with Gasteiger partial charge in [0.05, 0.1) is 6.61 Å². The van der Waals surface area contributed by atoms with Crippen LogP contribution >= 0.6 is 96.7 Å². The molecule has 0 saturated carbocycles. The average Bonchev–Trinajstić information content (AvgIpc) is 1.62. The van der Waals surface area contributed by atoms with E-state index in [1.165, 1.54) is 55.3 Å². The van der Waals surface area contributed by atoms with Gasteiger partial charge < -0.3 is 48.7 Å². The Morgan fingerprint density at radius 2 is 0.680 bits per heavy atom. The molecule has 0 radical (unpaired) electrons. The highest BCUT2D eigenvalue weighted by Crippen LogP contribution is 2.55. The van der Waals surface area contributed by atoms with E-state index in [2.05, 4.69) is 36.1 Å². The summed E-state index contributed by atoms with van der Waals surface area (Å²) in [5.41, 5.74) is 32.9. The van der Waals surface area contributed by atoms with E-state index in [-0.39, 0.29) is 177 Å². The number of nitrogens with two attached hydrogens (primary N) is 6. The summed E-state index contributed by atoms with van der Waals surface area (Å²) in [5.74, 6) is -2.50. The molecular weight excluding hydrogens is 1790 g/mol. The molecular formula is C84H97Cl4F8N19O6S4. The number of benzene rings is 8. The average molecular weight is 1890 g/mol. The lowest BCUT2D eigenvalue weighted by Gasteiger charge is -2.37. The van der Waals surface area contributed by atoms with Crippen molar-refractivity contribution in [2.75, 3.05) is 33.4 Å². The van der Waals surface area contributed by atoms with Crippen LogP contribution in [-0.2, 0) is 48.3 Å². The third-order valence-electron chi connectivity index (χ3n) is 18.8. The van der Waals surface area contributed by atoms with Gasteiger partial charge in [0.15, 0.2) is 5.96 Å². The van der Waals surface area contributed by atoms with E-state index in [0.29, 0.717) is 32.4 Å². The van der Waals surface area contributed by atoms with Gasteiger partial charge in [0.25, 0.3) is 0 Å². The molecule has 4 aliphatic heterocycles. The van der Waals surface area contributed by atoms with Gasteiger partial charge in [-0.3, -0.25) is 24.6 Å². The molecule has 41 heteroatoms. The summed E-state index contributed by atoms with van der Waals surface area (Å²) in [6, 6.07) is 49.7. The third-order valence-corrected chi connectivity index (χ3v) is 24.6. The Kier molecular flexibility index (Phi) is 39.8. The Balaban J connectivity index is 0.000000293. The van der Waals surface area contributed by atoms with Crippen molar-refractivity contribution >= 4 is 158 Å². The standard InChI is InChI=1S/C22H25F2N5OS.C21H24F2N6OS.C21H23F2N5O2S.C20H21F2N3O2S.4ClH/c1-14(2)20(30)29-22(11-12-28(3)21(25)26,15-7-5-4-6-8-15)31-19(27-29)17-13-16(23)9-10-18(17)24;1-13(2)19(30)29-21(10-11-26-27-20(24)25,14-6-4-3-5-7-14)31-18(28-29)16-12-15(22)8-9-17(16)23;1-13(2)19(29)28-21(10-11-30-27-20(24)25,14-6-4-3-5-7-14)31-18(26-28)16-12-15(22)8-9-17(16)23;1-13(2)19(26)25-20(10-11-27-23,14-6-4-3-5-7-14)28-18(24-25)16-12-15(21)8-9-17(16)22;;;;/h4-10,13-14H,11-12H2,1-3H3,(H3,25,26);3-9,12-13,26H,10-11H2,1-2H3,(H4,24,25,27);3-9,12-13H,10-11H2,1-2H3,(H4,24,25,27);3-9,12-13H,10-11,23H2,1-2H3;4*1H/t;;21-;20-;;;;/m..00..../s1. The molecule has 0 fully saturated rings. The highest BCUT2D eigenvalue weighted by Gasteiger charge is 2.54. The van der Waals surface area contributed by atoms with Crippen LogP contribution in [0.25, 0.3) is 0 Å². The lowest BCUT2D eigenvalue weighted by Crippen LogP contribution is -2.46. The van der Waals surface area contributed by atoms with E-state index in [1.54, 1.807) is 67.3 Å². The molecule has 0 spiro atoms. The van der Waals surface area contributed by atoms with Crippen molar-refractivity contribution in [3.05, 3.63) is 285 Å². The van der Waals surface area contributed by atoms with Gasteiger partial charge in [-0.2, -0.15) is 20.4 Å². The van der Waals surface area contributed by atoms with Crippen molar-refractivity contribution in [2.45, 2.75) is 101 Å². The summed E-state index contributed by atoms with van der Waals surface area (Å²) in [6.45, 7) is 14.9. The largest absolute Gasteiger partial charge is 0.393 e. The molecule has 125 heavy (non-hydrogen) atoms. The molecule has 0 saturated heterocycles. The van der Waals surface area contributed by atoms with Crippen LogP contribution in [0.4, 0.5) is 35.1 Å². The molecule has 25 nitrogen and oxygen atoms in total. The second-order valence-corrected chi connectivity index (χ2v) is 33.9. The lowest BCUT2D eigenvalue weighted by atomic mass is 10.0. The van der Waals surface area contributed by atoms with E-state index < -0.39 is 66.0 Å². The van der Waals surface area contributed by atoms with Crippen LogP contribution < -0.4 is 40.0 Å². The number of hydrogen-bond donors (Lipinski definition) is 8. The summed E-state index contributed by atoms with van der Waals surface area (Å²) in [6.07, 6.45) is 1.27. The van der Waals surface area contributed by atoms with E-state index in [9.17, 15) is 54.3 Å². The van der Waals surface area contributed by atoms with Crippen molar-refractivity contribution in [3.8, 4) is 0 Å². The summed E-state index contributed by atoms with van der Waals surface area (Å²) in [4.78, 5) is 60.0. The molecule has 0 aliphatic carbocycles. The predicted octanol–water partition coefficient (Wildman–Crippen LogP) is 15.8. The van der Waals surface area contributed by atoms with E-state index in [1.807, 2.05) is 121 Å². The molecule has 12 rings (SSSR count). The number of rotatable bonds is 26. The number of thioether (sulfide) groups is 4. The Morgan fingerprint density at radius 1 is 0.416 bits per heavy atom. The molecule has 0 bridgehead atoms. The van der Waals surface area contributed by atoms with E-state index in [0.717, 1.165) is 107 Å². The first-order valence-corrected chi connectivity index (χ1v) is 41.2. The van der Waals surface area contributed by atoms with Crippen LogP contribution in [0.2, 0.25) is 0 Å². The first-order chi connectivity index (χ1) is 57.5. The number of hydrogen-bond acceptors (Lipinski definition) is 19. The number of guanidine groups is 3. The molecule has 8 aromatic rings. The predicted molar refractivity (Wildman–Crippen MR) is 489 cm³/mol. The SMILES string of the molecule is CC(C)C(=O)N1N=C(c2cc(F)ccc2F)SC1(CCN(C)C(=N)N)c1ccccc1.CC(C)C(=O)N1N=C(c2cc(F)ccc2F)SC1(CCNN=C(N)N)c1ccccc1.CC(C)C(=O)N1N=C(c2cc(F)ccc2F)S[C@@]1(CCON)c1ccccc1.CC(C)C(=O)N1N=C(c2cc(F)ccc2F)S[C@@]1(CCON=C(N)N)c1ccccc1.Cl.Cl.Cl.Cl. The minimum Gasteiger partial charge on any atom is -0.393 e. The van der Waals surface area contributed by atoms with Gasteiger partial charge >= 0.3 is 0 Å². The van der Waals surface area contributed by atoms with Crippen molar-refractivity contribution in [3.63, 3.8) is 0 Å². The number of nitrogens with one attached hydrogen (secondary N) is 2. The van der Waals surface area contributed by atoms with Crippen molar-refractivity contribution in [2.24, 2.45) is 88.9 Å². The Morgan fingerprint density at radius 3 is 0.928 bits per heavy atom. The lowest BCUT2D eigenvalue weighted by molar-refractivity contribution is -0.139. The quantitative estimate of drug-likeness (QED) is 0.00820. The van der Waals surface area contributed by atoms with Gasteiger partial charge in [0.1, 0.15) is 92.8 Å². The van der Waals surface area contributed by atoms with Gasteiger partial charge in [-0.1, -0.05) is 224 Å². The Bertz CT molecular complexity index is 5060. The molecule has 14 N–H and O–H groups in total. The minimum atomic E-state index is -1.06. The molecule has 2 unspecified atom stereocenters. The fourth-order valence-corrected chi connectivity index (χ4v) is 18.1. The maximum atomic E-state index is 14.6. The molecule has 4 heterocycles. The zero-order chi connectivity index (χ0) is 88.3. The number of carbonyl (C=O) groups excluding carboxylic acids is 4. The zero-order valence-corrected chi connectivity index (χ0v) is 75.6. The highest BCUT2D eigenvalue weighted by molar-refractivity contribution is 8.16. The van der Waals surface area contributed by atoms with Crippen LogP contribution in [0.1, 0.15) is 126 Å². The van der Waals surface area contributed by atoms with Gasteiger partial charge in [-0.25, -0.2) is 61.1 Å². The van der Waals surface area contributed by atoms with Gasteiger partial charge in [-0.05, 0) is 100 Å². The summed E-state index contributed by atoms with van der Waals surface area (Å²) in [5, 5.41) is 39.1. The topological polar surface area (TPSA) is 369 Å². The maximum Gasteiger partial charge on any atom is 0.246 e. The summed E-state index contributed by atoms with van der Waals surface area (Å²) < 4.78 is 113. The van der Waals surface area contributed by atoms with Crippen LogP contribution in [-0.4, -0.2) is 120 Å². The van der Waals surface area contributed by atoms with Gasteiger partial charge in [0, 0.05) is 91.7 Å². The van der Waals surface area contributed by atoms with Crippen LogP contribution in [0.15, 0.2) is 225 Å². The van der Waals surface area contributed by atoms with Crippen molar-refractivity contribution in [1.29, 1.82) is 5.41 Å². The minimum absolute atomic E-state index is 0. The first kappa shape index (κ1) is 105. The number of hydrazone groups is 5. The van der Waals surface area contributed by atoms with Gasteiger partial charge in [0.2, 0.25) is 35.5 Å². The summed E-state index contributed by atoms with van der Waals surface area (Å²) in [7, 11) is 1.68. The Hall–Kier alpha value is -10.4. The van der Waals surface area contributed by atoms with Crippen LogP contribution in [0.3, 0.4) is 0 Å².